The molecule has 3 aliphatic carbocycles. The molecule has 0 aromatic rings. The molecule has 1 amide bonds. The van der Waals surface area contributed by atoms with Crippen molar-refractivity contribution in [3.63, 3.8) is 0 Å². The minimum absolute atomic E-state index is 0.0495. The minimum Gasteiger partial charge on any atom is -0.393 e. The standard InChI is InChI=1S/C19H31NO2/c1-18-9-7-13(21)11-12(18)3-4-14-15(18)8-10-19(2)16(14)5-6-17(22)20-19/h12-16,21H,3-11H2,1-2H3,(H,20,22)/t12?,13-,14+,15?,16?,18-,19-/m0/s1. The topological polar surface area (TPSA) is 49.3 Å². The predicted octanol–water partition coefficient (Wildman–Crippen LogP) is 3.26. The third kappa shape index (κ3) is 2.07. The third-order valence-corrected chi connectivity index (χ3v) is 8.14. The zero-order valence-electron chi connectivity index (χ0n) is 14.1. The van der Waals surface area contributed by atoms with Gasteiger partial charge in [-0.3, -0.25) is 4.79 Å². The summed E-state index contributed by atoms with van der Waals surface area (Å²) in [6.45, 7) is 4.81. The summed E-state index contributed by atoms with van der Waals surface area (Å²) in [5, 5.41) is 13.4. The molecule has 7 atom stereocenters. The second-order valence-electron chi connectivity index (χ2n) is 9.13. The summed E-state index contributed by atoms with van der Waals surface area (Å²) in [6.07, 6.45) is 10.00. The number of rotatable bonds is 0. The van der Waals surface area contributed by atoms with E-state index >= 15 is 0 Å². The largest absolute Gasteiger partial charge is 0.393 e. The zero-order valence-corrected chi connectivity index (χ0v) is 14.1. The molecule has 2 N–H and O–H groups in total. The van der Waals surface area contributed by atoms with Crippen molar-refractivity contribution in [3.8, 4) is 0 Å². The van der Waals surface area contributed by atoms with E-state index in [9.17, 15) is 9.90 Å². The number of fused-ring (bicyclic) bond motifs is 5. The van der Waals surface area contributed by atoms with Crippen molar-refractivity contribution in [3.05, 3.63) is 0 Å². The Morgan fingerprint density at radius 2 is 1.86 bits per heavy atom. The van der Waals surface area contributed by atoms with Crippen LogP contribution in [0.3, 0.4) is 0 Å². The molecule has 3 unspecified atom stereocenters. The number of aliphatic hydroxyl groups is 1. The van der Waals surface area contributed by atoms with Gasteiger partial charge in [0.15, 0.2) is 0 Å². The van der Waals surface area contributed by atoms with E-state index in [2.05, 4.69) is 19.2 Å². The summed E-state index contributed by atoms with van der Waals surface area (Å²) < 4.78 is 0. The summed E-state index contributed by atoms with van der Waals surface area (Å²) in [4.78, 5) is 11.9. The molecular weight excluding hydrogens is 274 g/mol. The van der Waals surface area contributed by atoms with Gasteiger partial charge in [-0.25, -0.2) is 0 Å². The second-order valence-corrected chi connectivity index (χ2v) is 9.13. The fourth-order valence-electron chi connectivity index (χ4n) is 6.91. The van der Waals surface area contributed by atoms with E-state index in [1.807, 2.05) is 0 Å². The van der Waals surface area contributed by atoms with Gasteiger partial charge < -0.3 is 10.4 Å². The fraction of sp³-hybridized carbons (Fsp3) is 0.947. The second kappa shape index (κ2) is 4.96. The van der Waals surface area contributed by atoms with Gasteiger partial charge in [-0.2, -0.15) is 0 Å². The van der Waals surface area contributed by atoms with Gasteiger partial charge in [-0.1, -0.05) is 6.92 Å². The maximum absolute atomic E-state index is 11.9. The summed E-state index contributed by atoms with van der Waals surface area (Å²) in [6, 6.07) is 0. The Labute approximate surface area is 134 Å². The Morgan fingerprint density at radius 3 is 2.68 bits per heavy atom. The molecule has 3 heteroatoms. The van der Waals surface area contributed by atoms with Crippen LogP contribution in [0.2, 0.25) is 0 Å². The number of nitrogens with one attached hydrogen (secondary N) is 1. The molecule has 22 heavy (non-hydrogen) atoms. The average Bonchev–Trinajstić information content (AvgIpc) is 2.46. The van der Waals surface area contributed by atoms with Crippen LogP contribution in [0.15, 0.2) is 0 Å². The molecule has 4 rings (SSSR count). The number of carbonyl (C=O) groups is 1. The Balaban J connectivity index is 1.61. The molecule has 4 fully saturated rings. The van der Waals surface area contributed by atoms with Crippen molar-refractivity contribution < 1.29 is 9.90 Å². The number of piperidine rings is 1. The lowest BCUT2D eigenvalue weighted by molar-refractivity contribution is -0.142. The number of amides is 1. The lowest BCUT2D eigenvalue weighted by atomic mass is 9.45. The fourth-order valence-corrected chi connectivity index (χ4v) is 6.91. The van der Waals surface area contributed by atoms with Gasteiger partial charge in [0.05, 0.1) is 6.10 Å². The molecule has 3 nitrogen and oxygen atoms in total. The molecule has 0 spiro atoms. The highest BCUT2D eigenvalue weighted by Crippen LogP contribution is 2.62. The number of aliphatic hydroxyl groups excluding tert-OH is 1. The Hall–Kier alpha value is -0.570. The van der Waals surface area contributed by atoms with Crippen LogP contribution < -0.4 is 5.32 Å². The summed E-state index contributed by atoms with van der Waals surface area (Å²) in [5.74, 6) is 3.26. The highest BCUT2D eigenvalue weighted by Gasteiger charge is 2.57. The van der Waals surface area contributed by atoms with Crippen LogP contribution in [0.5, 0.6) is 0 Å². The summed E-state index contributed by atoms with van der Waals surface area (Å²) in [7, 11) is 0. The first-order chi connectivity index (χ1) is 10.4. The van der Waals surface area contributed by atoms with E-state index in [0.29, 0.717) is 11.3 Å². The van der Waals surface area contributed by atoms with Crippen molar-refractivity contribution in [1.82, 2.24) is 5.32 Å². The van der Waals surface area contributed by atoms with Gasteiger partial charge in [0.1, 0.15) is 0 Å². The molecule has 124 valence electrons. The predicted molar refractivity (Wildman–Crippen MR) is 86.2 cm³/mol. The maximum atomic E-state index is 11.9. The van der Waals surface area contributed by atoms with E-state index in [1.54, 1.807) is 0 Å². The number of carbonyl (C=O) groups excluding carboxylic acids is 1. The zero-order chi connectivity index (χ0) is 15.5. The van der Waals surface area contributed by atoms with E-state index in [-0.39, 0.29) is 17.6 Å². The third-order valence-electron chi connectivity index (χ3n) is 8.14. The average molecular weight is 305 g/mol. The van der Waals surface area contributed by atoms with E-state index in [0.717, 1.165) is 49.9 Å². The number of hydrogen-bond acceptors (Lipinski definition) is 2. The first kappa shape index (κ1) is 15.0. The van der Waals surface area contributed by atoms with Gasteiger partial charge in [-0.15, -0.1) is 0 Å². The van der Waals surface area contributed by atoms with Gasteiger partial charge in [0.25, 0.3) is 0 Å². The highest BCUT2D eigenvalue weighted by molar-refractivity contribution is 5.77. The van der Waals surface area contributed by atoms with Gasteiger partial charge in [-0.05, 0) is 87.4 Å². The molecular formula is C19H31NO2. The van der Waals surface area contributed by atoms with Crippen LogP contribution >= 0.6 is 0 Å². The first-order valence-corrected chi connectivity index (χ1v) is 9.41. The van der Waals surface area contributed by atoms with Crippen molar-refractivity contribution in [1.29, 1.82) is 0 Å². The van der Waals surface area contributed by atoms with Crippen molar-refractivity contribution in [2.24, 2.45) is 29.1 Å². The normalized spacial score (nSPS) is 54.7. The monoisotopic (exact) mass is 305 g/mol. The van der Waals surface area contributed by atoms with Crippen molar-refractivity contribution >= 4 is 5.91 Å². The van der Waals surface area contributed by atoms with Crippen LogP contribution in [0.25, 0.3) is 0 Å². The van der Waals surface area contributed by atoms with Crippen molar-refractivity contribution in [2.75, 3.05) is 0 Å². The molecule has 3 saturated carbocycles. The molecule has 0 aromatic carbocycles. The highest BCUT2D eigenvalue weighted by atomic mass is 16.3. The minimum atomic E-state index is -0.0579. The van der Waals surface area contributed by atoms with Crippen LogP contribution in [0.4, 0.5) is 0 Å². The van der Waals surface area contributed by atoms with Gasteiger partial charge in [0.2, 0.25) is 5.91 Å². The first-order valence-electron chi connectivity index (χ1n) is 9.41. The molecule has 0 radical (unpaired) electrons. The molecule has 1 saturated heterocycles. The molecule has 0 bridgehead atoms. The molecule has 1 aliphatic heterocycles. The Bertz CT molecular complexity index is 478. The lowest BCUT2D eigenvalue weighted by Gasteiger charge is -2.62. The Morgan fingerprint density at radius 1 is 1.05 bits per heavy atom. The van der Waals surface area contributed by atoms with Crippen LogP contribution in [-0.2, 0) is 4.79 Å². The molecule has 1 heterocycles. The molecule has 4 aliphatic rings. The van der Waals surface area contributed by atoms with Crippen LogP contribution in [-0.4, -0.2) is 22.7 Å². The van der Waals surface area contributed by atoms with Gasteiger partial charge >= 0.3 is 0 Å². The SMILES string of the molecule is C[C@]12CC[C@H](O)CC1CC[C@@H]1C2CC[C@]2(C)NC(=O)CCC12. The summed E-state index contributed by atoms with van der Waals surface area (Å²) in [5.41, 5.74) is 0.485. The number of hydrogen-bond donors (Lipinski definition) is 2. The van der Waals surface area contributed by atoms with E-state index < -0.39 is 0 Å². The summed E-state index contributed by atoms with van der Waals surface area (Å²) >= 11 is 0. The molecule has 0 aromatic heterocycles. The van der Waals surface area contributed by atoms with Crippen LogP contribution in [0.1, 0.15) is 71.6 Å². The van der Waals surface area contributed by atoms with Crippen LogP contribution in [0, 0.1) is 29.1 Å². The Kier molecular flexibility index (Phi) is 3.38. The smallest absolute Gasteiger partial charge is 0.220 e. The quantitative estimate of drug-likeness (QED) is 0.721. The van der Waals surface area contributed by atoms with E-state index in [1.165, 1.54) is 25.7 Å². The lowest BCUT2D eigenvalue weighted by Crippen LogP contribution is -2.63. The van der Waals surface area contributed by atoms with Gasteiger partial charge in [0, 0.05) is 12.0 Å². The maximum Gasteiger partial charge on any atom is 0.220 e. The van der Waals surface area contributed by atoms with E-state index in [4.69, 9.17) is 0 Å². The van der Waals surface area contributed by atoms with Crippen molar-refractivity contribution in [2.45, 2.75) is 83.3 Å².